The zero-order valence-electron chi connectivity index (χ0n) is 12.8. The van der Waals surface area contributed by atoms with Crippen LogP contribution in [0.3, 0.4) is 0 Å². The summed E-state index contributed by atoms with van der Waals surface area (Å²) in [6, 6.07) is 0.737. The quantitative estimate of drug-likeness (QED) is 0.721. The molecular formula is C15H30N2O2. The minimum atomic E-state index is -0.847. The molecule has 0 amide bonds. The van der Waals surface area contributed by atoms with Gasteiger partial charge in [0.1, 0.15) is 5.54 Å². The van der Waals surface area contributed by atoms with Gasteiger partial charge in [-0.1, -0.05) is 26.2 Å². The highest BCUT2D eigenvalue weighted by atomic mass is 16.5. The van der Waals surface area contributed by atoms with Gasteiger partial charge in [0.15, 0.2) is 0 Å². The first kappa shape index (κ1) is 16.4. The van der Waals surface area contributed by atoms with Crippen molar-refractivity contribution in [3.05, 3.63) is 0 Å². The molecule has 0 aromatic carbocycles. The summed E-state index contributed by atoms with van der Waals surface area (Å²) in [7, 11) is 1.40. The van der Waals surface area contributed by atoms with E-state index < -0.39 is 5.54 Å². The number of hydrogen-bond donors (Lipinski definition) is 1. The number of esters is 1. The number of ether oxygens (including phenoxy) is 1. The molecule has 1 unspecified atom stereocenters. The minimum Gasteiger partial charge on any atom is -0.468 e. The Morgan fingerprint density at radius 1 is 1.37 bits per heavy atom. The molecule has 1 saturated carbocycles. The van der Waals surface area contributed by atoms with Crippen LogP contribution in [0.1, 0.15) is 58.8 Å². The second-order valence-corrected chi connectivity index (χ2v) is 5.93. The van der Waals surface area contributed by atoms with Crippen molar-refractivity contribution in [3.63, 3.8) is 0 Å². The van der Waals surface area contributed by atoms with E-state index in [4.69, 9.17) is 10.5 Å². The third-order valence-corrected chi connectivity index (χ3v) is 4.29. The number of carbonyl (C=O) groups excluding carboxylic acids is 1. The Bertz CT molecular complexity index is 273. The predicted octanol–water partition coefficient (Wildman–Crippen LogP) is 2.31. The maximum atomic E-state index is 11.5. The maximum absolute atomic E-state index is 11.5. The molecule has 0 aromatic rings. The van der Waals surface area contributed by atoms with E-state index in [9.17, 15) is 4.79 Å². The van der Waals surface area contributed by atoms with Crippen LogP contribution in [0.25, 0.3) is 0 Å². The normalized spacial score (nSPS) is 20.3. The fourth-order valence-electron chi connectivity index (χ4n) is 3.03. The fourth-order valence-corrected chi connectivity index (χ4v) is 3.03. The predicted molar refractivity (Wildman–Crippen MR) is 78.0 cm³/mol. The van der Waals surface area contributed by atoms with Gasteiger partial charge in [-0.3, -0.25) is 4.79 Å². The summed E-state index contributed by atoms with van der Waals surface area (Å²) in [6.45, 7) is 6.10. The van der Waals surface area contributed by atoms with E-state index in [1.807, 2.05) is 0 Å². The van der Waals surface area contributed by atoms with Gasteiger partial charge in [-0.05, 0) is 45.7 Å². The van der Waals surface area contributed by atoms with Gasteiger partial charge < -0.3 is 15.4 Å². The molecule has 2 N–H and O–H groups in total. The molecule has 4 nitrogen and oxygen atoms in total. The number of nitrogens with two attached hydrogens (primary N) is 1. The second kappa shape index (κ2) is 7.85. The first-order valence-corrected chi connectivity index (χ1v) is 7.62. The highest BCUT2D eigenvalue weighted by molar-refractivity contribution is 5.79. The molecule has 1 aliphatic carbocycles. The lowest BCUT2D eigenvalue weighted by Gasteiger charge is -2.34. The molecule has 0 saturated heterocycles. The van der Waals surface area contributed by atoms with Gasteiger partial charge in [-0.2, -0.15) is 0 Å². The van der Waals surface area contributed by atoms with Gasteiger partial charge in [0.05, 0.1) is 7.11 Å². The van der Waals surface area contributed by atoms with Gasteiger partial charge >= 0.3 is 5.97 Å². The van der Waals surface area contributed by atoms with Crippen LogP contribution in [0.5, 0.6) is 0 Å². The molecule has 0 radical (unpaired) electrons. The lowest BCUT2D eigenvalue weighted by molar-refractivity contribution is -0.146. The standard InChI is InChI=1S/C15H30N2O2/c1-4-17(13-9-6-5-7-10-13)12-8-11-15(2,16)14(18)19-3/h13H,4-12,16H2,1-3H3. The maximum Gasteiger partial charge on any atom is 0.325 e. The lowest BCUT2D eigenvalue weighted by atomic mass is 9.93. The summed E-state index contributed by atoms with van der Waals surface area (Å²) < 4.78 is 4.74. The fraction of sp³-hybridized carbons (Fsp3) is 0.933. The molecule has 1 fully saturated rings. The van der Waals surface area contributed by atoms with Crippen molar-refractivity contribution in [3.8, 4) is 0 Å². The van der Waals surface area contributed by atoms with E-state index in [1.165, 1.54) is 39.2 Å². The molecule has 1 atom stereocenters. The van der Waals surface area contributed by atoms with Crippen LogP contribution in [-0.2, 0) is 9.53 Å². The highest BCUT2D eigenvalue weighted by Crippen LogP contribution is 2.23. The average Bonchev–Trinajstić information content (AvgIpc) is 2.43. The van der Waals surface area contributed by atoms with Gasteiger partial charge in [0.25, 0.3) is 0 Å². The molecular weight excluding hydrogens is 240 g/mol. The van der Waals surface area contributed by atoms with Crippen LogP contribution in [0.15, 0.2) is 0 Å². The number of methoxy groups -OCH3 is 1. The van der Waals surface area contributed by atoms with Crippen LogP contribution in [-0.4, -0.2) is 42.6 Å². The van der Waals surface area contributed by atoms with Crippen LogP contribution in [0.4, 0.5) is 0 Å². The Balaban J connectivity index is 2.35. The summed E-state index contributed by atoms with van der Waals surface area (Å²) in [5.41, 5.74) is 5.14. The average molecular weight is 270 g/mol. The Morgan fingerprint density at radius 3 is 2.53 bits per heavy atom. The summed E-state index contributed by atoms with van der Waals surface area (Å²) in [5, 5.41) is 0. The molecule has 1 rings (SSSR count). The van der Waals surface area contributed by atoms with Crippen LogP contribution in [0, 0.1) is 0 Å². The molecule has 0 spiro atoms. The zero-order valence-corrected chi connectivity index (χ0v) is 12.8. The first-order valence-electron chi connectivity index (χ1n) is 7.62. The Labute approximate surface area is 117 Å². The van der Waals surface area contributed by atoms with E-state index in [2.05, 4.69) is 11.8 Å². The Morgan fingerprint density at radius 2 is 2.00 bits per heavy atom. The van der Waals surface area contributed by atoms with Crippen molar-refractivity contribution in [2.45, 2.75) is 70.4 Å². The number of carbonyl (C=O) groups is 1. The largest absolute Gasteiger partial charge is 0.468 e. The third kappa shape index (κ3) is 5.11. The highest BCUT2D eigenvalue weighted by Gasteiger charge is 2.29. The molecule has 4 heteroatoms. The van der Waals surface area contributed by atoms with Crippen LogP contribution < -0.4 is 5.73 Å². The van der Waals surface area contributed by atoms with Gasteiger partial charge in [0, 0.05) is 6.04 Å². The van der Waals surface area contributed by atoms with E-state index in [0.717, 1.165) is 25.6 Å². The first-order chi connectivity index (χ1) is 9.01. The molecule has 1 aliphatic rings. The van der Waals surface area contributed by atoms with Crippen molar-refractivity contribution < 1.29 is 9.53 Å². The molecule has 19 heavy (non-hydrogen) atoms. The van der Waals surface area contributed by atoms with E-state index in [0.29, 0.717) is 6.42 Å². The summed E-state index contributed by atoms with van der Waals surface area (Å²) >= 11 is 0. The van der Waals surface area contributed by atoms with Crippen LogP contribution >= 0.6 is 0 Å². The Kier molecular flexibility index (Phi) is 6.80. The number of nitrogens with zero attached hydrogens (tertiary/aromatic N) is 1. The summed E-state index contributed by atoms with van der Waals surface area (Å²) in [4.78, 5) is 14.1. The van der Waals surface area contributed by atoms with Crippen LogP contribution in [0.2, 0.25) is 0 Å². The third-order valence-electron chi connectivity index (χ3n) is 4.29. The summed E-state index contributed by atoms with van der Waals surface area (Å²) in [6.07, 6.45) is 8.39. The smallest absolute Gasteiger partial charge is 0.325 e. The van der Waals surface area contributed by atoms with E-state index >= 15 is 0 Å². The van der Waals surface area contributed by atoms with E-state index in [-0.39, 0.29) is 5.97 Å². The molecule has 0 aromatic heterocycles. The van der Waals surface area contributed by atoms with Crippen molar-refractivity contribution in [1.29, 1.82) is 0 Å². The molecule has 0 heterocycles. The summed E-state index contributed by atoms with van der Waals surface area (Å²) in [5.74, 6) is -0.312. The lowest BCUT2D eigenvalue weighted by Crippen LogP contribution is -2.46. The van der Waals surface area contributed by atoms with Gasteiger partial charge in [0.2, 0.25) is 0 Å². The van der Waals surface area contributed by atoms with Gasteiger partial charge in [-0.25, -0.2) is 0 Å². The zero-order chi connectivity index (χ0) is 14.3. The monoisotopic (exact) mass is 270 g/mol. The topological polar surface area (TPSA) is 55.6 Å². The second-order valence-electron chi connectivity index (χ2n) is 5.93. The van der Waals surface area contributed by atoms with Gasteiger partial charge in [-0.15, -0.1) is 0 Å². The number of hydrogen-bond acceptors (Lipinski definition) is 4. The van der Waals surface area contributed by atoms with Crippen molar-refractivity contribution in [1.82, 2.24) is 4.90 Å². The molecule has 0 aliphatic heterocycles. The molecule has 0 bridgehead atoms. The Hall–Kier alpha value is -0.610. The van der Waals surface area contributed by atoms with Crippen molar-refractivity contribution >= 4 is 5.97 Å². The number of rotatable bonds is 7. The minimum absolute atomic E-state index is 0.312. The SMILES string of the molecule is CCN(CCCC(C)(N)C(=O)OC)C1CCCCC1. The van der Waals surface area contributed by atoms with Crippen molar-refractivity contribution in [2.75, 3.05) is 20.2 Å². The van der Waals surface area contributed by atoms with Crippen molar-refractivity contribution in [2.24, 2.45) is 5.73 Å². The molecule has 112 valence electrons. The van der Waals surface area contributed by atoms with E-state index in [1.54, 1.807) is 6.92 Å².